The van der Waals surface area contributed by atoms with Gasteiger partial charge in [-0.1, -0.05) is 0 Å². The molecule has 0 spiro atoms. The summed E-state index contributed by atoms with van der Waals surface area (Å²) in [6, 6.07) is 0. The average Bonchev–Trinajstić information content (AvgIpc) is 1.66. The van der Waals surface area contributed by atoms with Crippen LogP contribution in [0.3, 0.4) is 0 Å². The monoisotopic (exact) mass is 128 g/mol. The summed E-state index contributed by atoms with van der Waals surface area (Å²) in [5, 5.41) is 0. The Hall–Kier alpha value is 0.162. The molecule has 0 aromatic rings. The van der Waals surface area contributed by atoms with Crippen LogP contribution < -0.4 is 0 Å². The van der Waals surface area contributed by atoms with E-state index in [9.17, 15) is 4.79 Å². The molecule has 0 saturated carbocycles. The molecular formula is C5H9AlO2+2. The minimum absolute atomic E-state index is 0.229. The average molecular weight is 128 g/mol. The van der Waals surface area contributed by atoms with Gasteiger partial charge in [0.1, 0.15) is 0 Å². The molecule has 8 heavy (non-hydrogen) atoms. The summed E-state index contributed by atoms with van der Waals surface area (Å²) < 4.78 is 4.66. The number of hydrogen-bond donors (Lipinski definition) is 0. The number of Topliss-reactive ketones (excluding diaryl/α,β-unsaturated/α-hetero) is 1. The van der Waals surface area contributed by atoms with Gasteiger partial charge in [0, 0.05) is 0 Å². The summed E-state index contributed by atoms with van der Waals surface area (Å²) in [4.78, 5) is 10.3. The second-order valence-corrected chi connectivity index (χ2v) is 2.01. The van der Waals surface area contributed by atoms with Crippen LogP contribution in [0.4, 0.5) is 0 Å². The zero-order valence-electron chi connectivity index (χ0n) is 5.02. The van der Waals surface area contributed by atoms with Crippen molar-refractivity contribution in [1.82, 2.24) is 0 Å². The van der Waals surface area contributed by atoms with Gasteiger partial charge < -0.3 is 0 Å². The summed E-state index contributed by atoms with van der Waals surface area (Å²) >= 11 is 2.15. The number of hydrogen-bond acceptors (Lipinski definition) is 2. The Labute approximate surface area is 58.0 Å². The van der Waals surface area contributed by atoms with Gasteiger partial charge in [-0.15, -0.1) is 0 Å². The first-order valence-corrected chi connectivity index (χ1v) is 3.05. The molecule has 0 aliphatic heterocycles. The molecule has 0 aliphatic carbocycles. The molecule has 0 fully saturated rings. The van der Waals surface area contributed by atoms with Crippen LogP contribution in [0.1, 0.15) is 19.8 Å². The SMILES string of the molecule is CC(=O)CCC[O][Al+2]. The van der Waals surface area contributed by atoms with Gasteiger partial charge in [-0.3, -0.25) is 0 Å². The summed E-state index contributed by atoms with van der Waals surface area (Å²) in [7, 11) is 0. The van der Waals surface area contributed by atoms with Crippen molar-refractivity contribution in [2.24, 2.45) is 0 Å². The summed E-state index contributed by atoms with van der Waals surface area (Å²) in [5.74, 6) is 0.229. The normalized spacial score (nSPS) is 9.38. The van der Waals surface area contributed by atoms with E-state index in [1.54, 1.807) is 6.92 Å². The molecule has 0 atom stereocenters. The van der Waals surface area contributed by atoms with Gasteiger partial charge in [-0.25, -0.2) is 0 Å². The second kappa shape index (κ2) is 5.30. The van der Waals surface area contributed by atoms with Gasteiger partial charge in [-0.2, -0.15) is 0 Å². The Balaban J connectivity index is 2.82. The van der Waals surface area contributed by atoms with Crippen LogP contribution in [0.2, 0.25) is 0 Å². The molecule has 0 amide bonds. The van der Waals surface area contributed by atoms with Crippen molar-refractivity contribution in [3.05, 3.63) is 0 Å². The maximum atomic E-state index is 10.3. The minimum atomic E-state index is 0.229. The van der Waals surface area contributed by atoms with Gasteiger partial charge in [0.2, 0.25) is 0 Å². The molecule has 0 unspecified atom stereocenters. The summed E-state index contributed by atoms with van der Waals surface area (Å²) in [6.07, 6.45) is 1.47. The van der Waals surface area contributed by atoms with Crippen molar-refractivity contribution in [1.29, 1.82) is 0 Å². The van der Waals surface area contributed by atoms with Gasteiger partial charge >= 0.3 is 57.4 Å². The third kappa shape index (κ3) is 6.16. The van der Waals surface area contributed by atoms with Crippen LogP contribution in [0.15, 0.2) is 0 Å². The molecule has 42 valence electrons. The fourth-order valence-corrected chi connectivity index (χ4v) is 0.571. The number of carbonyl (C=O) groups excluding carboxylic acids is 1. The second-order valence-electron chi connectivity index (χ2n) is 1.68. The molecule has 0 radical (unpaired) electrons. The standard InChI is InChI=1S/C5H9O2.Al/c1-5(7)3-2-4-6;/h2-4H2,1H3;/q-1;+3. The molecule has 0 aliphatic rings. The number of ketones is 1. The zero-order chi connectivity index (χ0) is 6.41. The van der Waals surface area contributed by atoms with E-state index in [1.165, 1.54) is 0 Å². The van der Waals surface area contributed by atoms with Crippen molar-refractivity contribution in [3.8, 4) is 0 Å². The van der Waals surface area contributed by atoms with E-state index < -0.39 is 0 Å². The van der Waals surface area contributed by atoms with E-state index in [0.29, 0.717) is 13.0 Å². The van der Waals surface area contributed by atoms with Gasteiger partial charge in [-0.05, 0) is 0 Å². The van der Waals surface area contributed by atoms with E-state index in [1.807, 2.05) is 0 Å². The molecule has 0 saturated heterocycles. The van der Waals surface area contributed by atoms with E-state index in [4.69, 9.17) is 0 Å². The fraction of sp³-hybridized carbons (Fsp3) is 0.800. The third-order valence-electron chi connectivity index (χ3n) is 0.791. The molecule has 0 heterocycles. The van der Waals surface area contributed by atoms with Crippen molar-refractivity contribution in [3.63, 3.8) is 0 Å². The maximum absolute atomic E-state index is 10.3. The number of rotatable bonds is 4. The van der Waals surface area contributed by atoms with Crippen molar-refractivity contribution in [2.45, 2.75) is 19.8 Å². The van der Waals surface area contributed by atoms with Crippen LogP contribution in [-0.4, -0.2) is 29.0 Å². The molecule has 0 bridgehead atoms. The predicted molar refractivity (Wildman–Crippen MR) is 31.6 cm³/mol. The number of carbonyl (C=O) groups is 1. The van der Waals surface area contributed by atoms with Crippen molar-refractivity contribution in [2.75, 3.05) is 6.61 Å². The molecule has 3 heteroatoms. The van der Waals surface area contributed by atoms with E-state index >= 15 is 0 Å². The van der Waals surface area contributed by atoms with Crippen molar-refractivity contribution >= 4 is 22.4 Å². The van der Waals surface area contributed by atoms with E-state index in [2.05, 4.69) is 20.4 Å². The van der Waals surface area contributed by atoms with Crippen LogP contribution >= 0.6 is 0 Å². The first kappa shape index (κ1) is 8.16. The third-order valence-corrected chi connectivity index (χ3v) is 1.03. The van der Waals surface area contributed by atoms with Crippen LogP contribution in [0, 0.1) is 0 Å². The van der Waals surface area contributed by atoms with Crippen LogP contribution in [-0.2, 0) is 8.58 Å². The van der Waals surface area contributed by atoms with Crippen LogP contribution in [0.25, 0.3) is 0 Å². The van der Waals surface area contributed by atoms with E-state index in [0.717, 1.165) is 6.42 Å². The molecule has 2 nitrogen and oxygen atoms in total. The molecule has 0 aromatic heterocycles. The topological polar surface area (TPSA) is 26.3 Å². The quantitative estimate of drug-likeness (QED) is 0.406. The molecular weight excluding hydrogens is 119 g/mol. The van der Waals surface area contributed by atoms with Gasteiger partial charge in [0.25, 0.3) is 0 Å². The summed E-state index contributed by atoms with van der Waals surface area (Å²) in [5.41, 5.74) is 0. The first-order chi connectivity index (χ1) is 3.77. The predicted octanol–water partition coefficient (Wildman–Crippen LogP) is 0.456. The van der Waals surface area contributed by atoms with Crippen molar-refractivity contribution < 1.29 is 8.58 Å². The fourth-order valence-electron chi connectivity index (χ4n) is 0.404. The van der Waals surface area contributed by atoms with E-state index in [-0.39, 0.29) is 5.78 Å². The Kier molecular flexibility index (Phi) is 5.41. The Morgan fingerprint density at radius 3 is 2.75 bits per heavy atom. The molecule has 0 N–H and O–H groups in total. The first-order valence-electron chi connectivity index (χ1n) is 2.58. The Morgan fingerprint density at radius 2 is 2.38 bits per heavy atom. The molecule has 0 aromatic carbocycles. The van der Waals surface area contributed by atoms with Crippen LogP contribution in [0.5, 0.6) is 0 Å². The Bertz CT molecular complexity index is 72.8. The molecule has 0 rings (SSSR count). The van der Waals surface area contributed by atoms with Gasteiger partial charge in [0.05, 0.1) is 0 Å². The summed E-state index contributed by atoms with van der Waals surface area (Å²) in [6.45, 7) is 2.24. The Morgan fingerprint density at radius 1 is 1.75 bits per heavy atom. The zero-order valence-corrected chi connectivity index (χ0v) is 6.17. The van der Waals surface area contributed by atoms with Gasteiger partial charge in [0.15, 0.2) is 0 Å².